The quantitative estimate of drug-likeness (QED) is 0.889. The van der Waals surface area contributed by atoms with Gasteiger partial charge in [-0.25, -0.2) is 0 Å². The lowest BCUT2D eigenvalue weighted by Crippen LogP contribution is -2.17. The monoisotopic (exact) mass is 353 g/mol. The molecular weight excluding hydrogens is 342 g/mol. The van der Waals surface area contributed by atoms with Gasteiger partial charge >= 0.3 is 0 Å². The molecule has 1 unspecified atom stereocenters. The van der Waals surface area contributed by atoms with Gasteiger partial charge in [-0.05, 0) is 35.4 Å². The maximum Gasteiger partial charge on any atom is 0.161 e. The van der Waals surface area contributed by atoms with Gasteiger partial charge in [0.25, 0.3) is 0 Å². The predicted octanol–water partition coefficient (Wildman–Crippen LogP) is 3.92. The van der Waals surface area contributed by atoms with Gasteiger partial charge in [-0.15, -0.1) is 0 Å². The first-order chi connectivity index (χ1) is 9.65. The molecule has 1 aliphatic heterocycles. The van der Waals surface area contributed by atoms with Crippen LogP contribution < -0.4 is 15.2 Å². The van der Waals surface area contributed by atoms with Gasteiger partial charge in [0.05, 0.1) is 6.04 Å². The molecule has 0 aliphatic carbocycles. The van der Waals surface area contributed by atoms with Crippen molar-refractivity contribution < 1.29 is 9.47 Å². The average Bonchev–Trinajstić information content (AvgIpc) is 2.46. The van der Waals surface area contributed by atoms with Gasteiger partial charge in [-0.2, -0.15) is 0 Å². The van der Waals surface area contributed by atoms with Gasteiger partial charge in [0.2, 0.25) is 0 Å². The van der Waals surface area contributed by atoms with E-state index in [4.69, 9.17) is 26.8 Å². The first kappa shape index (κ1) is 13.7. The molecule has 1 heterocycles. The molecule has 1 atom stereocenters. The van der Waals surface area contributed by atoms with Gasteiger partial charge in [0, 0.05) is 9.50 Å². The Hall–Kier alpha value is -1.23. The highest BCUT2D eigenvalue weighted by atomic mass is 79.9. The summed E-state index contributed by atoms with van der Waals surface area (Å²) in [4.78, 5) is 0. The van der Waals surface area contributed by atoms with Crippen LogP contribution in [0.3, 0.4) is 0 Å². The van der Waals surface area contributed by atoms with E-state index < -0.39 is 0 Å². The summed E-state index contributed by atoms with van der Waals surface area (Å²) in [5.41, 5.74) is 8.28. The number of ether oxygens (including phenoxy) is 2. The first-order valence-corrected chi connectivity index (χ1v) is 7.42. The van der Waals surface area contributed by atoms with E-state index in [2.05, 4.69) is 15.9 Å². The largest absolute Gasteiger partial charge is 0.486 e. The van der Waals surface area contributed by atoms with Crippen LogP contribution in [0.2, 0.25) is 5.02 Å². The Labute approximate surface area is 130 Å². The second kappa shape index (κ2) is 5.64. The Kier molecular flexibility index (Phi) is 3.87. The molecule has 1 aliphatic rings. The van der Waals surface area contributed by atoms with E-state index in [9.17, 15) is 0 Å². The highest BCUT2D eigenvalue weighted by Crippen LogP contribution is 2.35. The summed E-state index contributed by atoms with van der Waals surface area (Å²) in [6.45, 7) is 1.15. The minimum atomic E-state index is -0.252. The van der Waals surface area contributed by atoms with Gasteiger partial charge in [-0.1, -0.05) is 39.7 Å². The van der Waals surface area contributed by atoms with Gasteiger partial charge in [0.1, 0.15) is 13.2 Å². The molecular formula is C15H13BrClNO2. The third kappa shape index (κ3) is 2.64. The van der Waals surface area contributed by atoms with Crippen LogP contribution in [0.25, 0.3) is 0 Å². The maximum absolute atomic E-state index is 6.33. The average molecular weight is 355 g/mol. The molecule has 2 aromatic carbocycles. The minimum Gasteiger partial charge on any atom is -0.486 e. The van der Waals surface area contributed by atoms with Crippen LogP contribution in [-0.4, -0.2) is 13.2 Å². The standard InChI is InChI=1S/C15H13BrClNO2/c16-12-8-10(17)2-3-11(12)15(18)9-1-4-13-14(7-9)20-6-5-19-13/h1-4,7-8,15H,5-6,18H2. The third-order valence-corrected chi connectivity index (χ3v) is 4.14. The summed E-state index contributed by atoms with van der Waals surface area (Å²) in [5, 5.41) is 0.676. The summed E-state index contributed by atoms with van der Waals surface area (Å²) in [6.07, 6.45) is 0. The molecule has 0 saturated heterocycles. The van der Waals surface area contributed by atoms with Crippen molar-refractivity contribution in [3.8, 4) is 11.5 Å². The number of halogens is 2. The number of nitrogens with two attached hydrogens (primary N) is 1. The SMILES string of the molecule is NC(c1ccc2c(c1)OCCO2)c1ccc(Cl)cc1Br. The molecule has 0 amide bonds. The summed E-state index contributed by atoms with van der Waals surface area (Å²) in [6, 6.07) is 11.1. The highest BCUT2D eigenvalue weighted by molar-refractivity contribution is 9.10. The molecule has 3 rings (SSSR count). The molecule has 0 bridgehead atoms. The molecule has 2 aromatic rings. The van der Waals surface area contributed by atoms with Crippen molar-refractivity contribution in [2.75, 3.05) is 13.2 Å². The summed E-state index contributed by atoms with van der Waals surface area (Å²) in [5.74, 6) is 1.51. The molecule has 0 radical (unpaired) electrons. The van der Waals surface area contributed by atoms with Crippen molar-refractivity contribution in [2.45, 2.75) is 6.04 Å². The number of hydrogen-bond acceptors (Lipinski definition) is 3. The van der Waals surface area contributed by atoms with Crippen LogP contribution in [0.15, 0.2) is 40.9 Å². The van der Waals surface area contributed by atoms with E-state index in [-0.39, 0.29) is 6.04 Å². The lowest BCUT2D eigenvalue weighted by molar-refractivity contribution is 0.171. The summed E-state index contributed by atoms with van der Waals surface area (Å²) < 4.78 is 12.0. The fourth-order valence-electron chi connectivity index (χ4n) is 2.19. The van der Waals surface area contributed by atoms with E-state index >= 15 is 0 Å². The van der Waals surface area contributed by atoms with Crippen molar-refractivity contribution >= 4 is 27.5 Å². The maximum atomic E-state index is 6.33. The van der Waals surface area contributed by atoms with Crippen LogP contribution in [0.1, 0.15) is 17.2 Å². The van der Waals surface area contributed by atoms with Crippen LogP contribution in [0.5, 0.6) is 11.5 Å². The Bertz CT molecular complexity index is 648. The lowest BCUT2D eigenvalue weighted by atomic mass is 9.99. The Morgan fingerprint density at radius 1 is 1.05 bits per heavy atom. The van der Waals surface area contributed by atoms with E-state index in [1.807, 2.05) is 36.4 Å². The fourth-order valence-corrected chi connectivity index (χ4v) is 3.12. The van der Waals surface area contributed by atoms with Crippen molar-refractivity contribution in [1.82, 2.24) is 0 Å². The molecule has 2 N–H and O–H groups in total. The van der Waals surface area contributed by atoms with Gasteiger partial charge in [-0.3, -0.25) is 0 Å². The van der Waals surface area contributed by atoms with Crippen molar-refractivity contribution in [2.24, 2.45) is 5.73 Å². The zero-order chi connectivity index (χ0) is 14.1. The van der Waals surface area contributed by atoms with Crippen molar-refractivity contribution in [3.63, 3.8) is 0 Å². The molecule has 0 aromatic heterocycles. The second-order valence-corrected chi connectivity index (χ2v) is 5.84. The molecule has 3 nitrogen and oxygen atoms in total. The number of fused-ring (bicyclic) bond motifs is 1. The first-order valence-electron chi connectivity index (χ1n) is 6.25. The summed E-state index contributed by atoms with van der Waals surface area (Å²) >= 11 is 9.45. The van der Waals surface area contributed by atoms with E-state index in [1.165, 1.54) is 0 Å². The molecule has 20 heavy (non-hydrogen) atoms. The highest BCUT2D eigenvalue weighted by Gasteiger charge is 2.17. The minimum absolute atomic E-state index is 0.252. The zero-order valence-corrected chi connectivity index (χ0v) is 12.9. The number of hydrogen-bond donors (Lipinski definition) is 1. The topological polar surface area (TPSA) is 44.5 Å². The van der Waals surface area contributed by atoms with Crippen LogP contribution in [-0.2, 0) is 0 Å². The third-order valence-electron chi connectivity index (χ3n) is 3.22. The normalized spacial score (nSPS) is 14.9. The molecule has 104 valence electrons. The molecule has 0 fully saturated rings. The second-order valence-electron chi connectivity index (χ2n) is 4.55. The van der Waals surface area contributed by atoms with E-state index in [1.54, 1.807) is 0 Å². The van der Waals surface area contributed by atoms with Gasteiger partial charge < -0.3 is 15.2 Å². The number of rotatable bonds is 2. The van der Waals surface area contributed by atoms with Crippen molar-refractivity contribution in [1.29, 1.82) is 0 Å². The Morgan fingerprint density at radius 2 is 1.80 bits per heavy atom. The van der Waals surface area contributed by atoms with Gasteiger partial charge in [0.15, 0.2) is 11.5 Å². The molecule has 5 heteroatoms. The fraction of sp³-hybridized carbons (Fsp3) is 0.200. The molecule has 0 spiro atoms. The van der Waals surface area contributed by atoms with E-state index in [0.717, 1.165) is 27.1 Å². The number of benzene rings is 2. The zero-order valence-electron chi connectivity index (χ0n) is 10.6. The van der Waals surface area contributed by atoms with Crippen LogP contribution in [0, 0.1) is 0 Å². The summed E-state index contributed by atoms with van der Waals surface area (Å²) in [7, 11) is 0. The van der Waals surface area contributed by atoms with Crippen molar-refractivity contribution in [3.05, 3.63) is 57.0 Å². The lowest BCUT2D eigenvalue weighted by Gasteiger charge is -2.21. The predicted molar refractivity (Wildman–Crippen MR) is 82.6 cm³/mol. The smallest absolute Gasteiger partial charge is 0.161 e. The Balaban J connectivity index is 1.95. The van der Waals surface area contributed by atoms with E-state index in [0.29, 0.717) is 18.2 Å². The molecule has 0 saturated carbocycles. The Morgan fingerprint density at radius 3 is 2.55 bits per heavy atom. The van der Waals surface area contributed by atoms with Crippen LogP contribution >= 0.6 is 27.5 Å². The van der Waals surface area contributed by atoms with Crippen LogP contribution in [0.4, 0.5) is 0 Å².